The molecule has 152 valence electrons. The van der Waals surface area contributed by atoms with Crippen LogP contribution in [0.15, 0.2) is 54.6 Å². The van der Waals surface area contributed by atoms with Crippen molar-refractivity contribution in [3.05, 3.63) is 82.9 Å². The molecule has 3 rings (SSSR count). The number of hydrogen-bond donors (Lipinski definition) is 1. The number of aromatic nitrogens is 3. The van der Waals surface area contributed by atoms with Gasteiger partial charge < -0.3 is 9.30 Å². The zero-order valence-electron chi connectivity index (χ0n) is 17.1. The predicted octanol–water partition coefficient (Wildman–Crippen LogP) is 4.72. The SMILES string of the molecule is CCOC(=O)c1ccc(C(S)c2nnc(CC(C)C)n2Cc2ccccc2)cc1. The maximum absolute atomic E-state index is 11.9. The van der Waals surface area contributed by atoms with Crippen molar-refractivity contribution in [1.82, 2.24) is 14.8 Å². The van der Waals surface area contributed by atoms with Crippen molar-refractivity contribution in [2.24, 2.45) is 5.92 Å². The molecular weight excluding hydrogens is 382 g/mol. The summed E-state index contributed by atoms with van der Waals surface area (Å²) in [6.45, 7) is 7.20. The minimum absolute atomic E-state index is 0.247. The molecule has 5 nitrogen and oxygen atoms in total. The molecule has 0 bridgehead atoms. The van der Waals surface area contributed by atoms with Crippen molar-refractivity contribution < 1.29 is 9.53 Å². The summed E-state index contributed by atoms with van der Waals surface area (Å²) in [5.74, 6) is 1.92. The van der Waals surface area contributed by atoms with Crippen LogP contribution in [0.4, 0.5) is 0 Å². The molecule has 2 aromatic carbocycles. The Morgan fingerprint density at radius 3 is 2.38 bits per heavy atom. The molecule has 0 fully saturated rings. The Hall–Kier alpha value is -2.60. The maximum atomic E-state index is 11.9. The Morgan fingerprint density at radius 2 is 1.76 bits per heavy atom. The summed E-state index contributed by atoms with van der Waals surface area (Å²) in [4.78, 5) is 11.9. The predicted molar refractivity (Wildman–Crippen MR) is 117 cm³/mol. The lowest BCUT2D eigenvalue weighted by Gasteiger charge is -2.16. The summed E-state index contributed by atoms with van der Waals surface area (Å²) in [6.07, 6.45) is 0.849. The lowest BCUT2D eigenvalue weighted by molar-refractivity contribution is 0.0526. The van der Waals surface area contributed by atoms with Gasteiger partial charge in [0, 0.05) is 6.42 Å². The lowest BCUT2D eigenvalue weighted by atomic mass is 10.1. The molecule has 6 heteroatoms. The summed E-state index contributed by atoms with van der Waals surface area (Å²) in [7, 11) is 0. The third-order valence-corrected chi connectivity index (χ3v) is 5.14. The van der Waals surface area contributed by atoms with E-state index in [1.165, 1.54) is 5.56 Å². The standard InChI is InChI=1S/C23H27N3O2S/c1-4-28-23(27)19-12-10-18(11-13-19)21(29)22-25-24-20(14-16(2)3)26(22)15-17-8-6-5-7-9-17/h5-13,16,21,29H,4,14-15H2,1-3H3. The van der Waals surface area contributed by atoms with Crippen LogP contribution in [0.5, 0.6) is 0 Å². The molecule has 0 radical (unpaired) electrons. The van der Waals surface area contributed by atoms with Gasteiger partial charge >= 0.3 is 5.97 Å². The van der Waals surface area contributed by atoms with Crippen molar-refractivity contribution in [1.29, 1.82) is 0 Å². The summed E-state index contributed by atoms with van der Waals surface area (Å²) in [6, 6.07) is 17.6. The van der Waals surface area contributed by atoms with Crippen LogP contribution in [-0.2, 0) is 17.7 Å². The Balaban J connectivity index is 1.90. The normalized spacial score (nSPS) is 12.2. The van der Waals surface area contributed by atoms with Gasteiger partial charge in [-0.05, 0) is 36.1 Å². The summed E-state index contributed by atoms with van der Waals surface area (Å²) >= 11 is 4.84. The molecule has 29 heavy (non-hydrogen) atoms. The fourth-order valence-electron chi connectivity index (χ4n) is 3.17. The highest BCUT2D eigenvalue weighted by Gasteiger charge is 2.21. The molecule has 0 aliphatic carbocycles. The van der Waals surface area contributed by atoms with E-state index in [9.17, 15) is 4.79 Å². The molecule has 1 aromatic heterocycles. The van der Waals surface area contributed by atoms with Crippen molar-refractivity contribution in [3.63, 3.8) is 0 Å². The Kier molecular flexibility index (Phi) is 7.09. The van der Waals surface area contributed by atoms with E-state index >= 15 is 0 Å². The van der Waals surface area contributed by atoms with Gasteiger partial charge in [-0.1, -0.05) is 56.3 Å². The van der Waals surface area contributed by atoms with Crippen LogP contribution < -0.4 is 0 Å². The highest BCUT2D eigenvalue weighted by atomic mass is 32.1. The molecule has 0 aliphatic heterocycles. The second-order valence-corrected chi connectivity index (χ2v) is 7.91. The zero-order valence-corrected chi connectivity index (χ0v) is 18.0. The number of esters is 1. The highest BCUT2D eigenvalue weighted by molar-refractivity contribution is 7.80. The van der Waals surface area contributed by atoms with E-state index in [-0.39, 0.29) is 11.2 Å². The van der Waals surface area contributed by atoms with Crippen LogP contribution in [0.1, 0.15) is 59.2 Å². The zero-order chi connectivity index (χ0) is 20.8. The van der Waals surface area contributed by atoms with E-state index in [0.717, 1.165) is 23.6 Å². The van der Waals surface area contributed by atoms with Gasteiger partial charge in [-0.25, -0.2) is 4.79 Å². The van der Waals surface area contributed by atoms with Gasteiger partial charge in [0.1, 0.15) is 5.82 Å². The van der Waals surface area contributed by atoms with Crippen LogP contribution in [0.2, 0.25) is 0 Å². The molecule has 1 unspecified atom stereocenters. The first-order valence-corrected chi connectivity index (χ1v) is 10.4. The number of benzene rings is 2. The second kappa shape index (κ2) is 9.74. The average molecular weight is 410 g/mol. The molecule has 3 aromatic rings. The molecule has 1 atom stereocenters. The topological polar surface area (TPSA) is 57.0 Å². The molecule has 0 spiro atoms. The van der Waals surface area contributed by atoms with Gasteiger partial charge in [0.05, 0.1) is 24.0 Å². The minimum atomic E-state index is -0.318. The number of ether oxygens (including phenoxy) is 1. The van der Waals surface area contributed by atoms with E-state index in [4.69, 9.17) is 17.4 Å². The third kappa shape index (κ3) is 5.26. The van der Waals surface area contributed by atoms with Crippen LogP contribution in [-0.4, -0.2) is 27.3 Å². The van der Waals surface area contributed by atoms with Gasteiger partial charge in [-0.2, -0.15) is 12.6 Å². The number of hydrogen-bond acceptors (Lipinski definition) is 5. The van der Waals surface area contributed by atoms with Crippen molar-refractivity contribution in [2.75, 3.05) is 6.61 Å². The first-order chi connectivity index (χ1) is 14.0. The maximum Gasteiger partial charge on any atom is 0.338 e. The molecule has 0 saturated carbocycles. The van der Waals surface area contributed by atoms with E-state index in [1.54, 1.807) is 19.1 Å². The van der Waals surface area contributed by atoms with Crippen LogP contribution in [0.25, 0.3) is 0 Å². The van der Waals surface area contributed by atoms with Gasteiger partial charge in [-0.3, -0.25) is 0 Å². The number of nitrogens with zero attached hydrogens (tertiary/aromatic N) is 3. The largest absolute Gasteiger partial charge is 0.462 e. The Bertz CT molecular complexity index is 937. The van der Waals surface area contributed by atoms with Gasteiger partial charge in [0.2, 0.25) is 0 Å². The molecular formula is C23H27N3O2S. The van der Waals surface area contributed by atoms with Crippen molar-refractivity contribution >= 4 is 18.6 Å². The van der Waals surface area contributed by atoms with Gasteiger partial charge in [0.15, 0.2) is 5.82 Å². The lowest BCUT2D eigenvalue weighted by Crippen LogP contribution is -2.13. The molecule has 0 amide bonds. The fourth-order valence-corrected chi connectivity index (χ4v) is 3.53. The first kappa shape index (κ1) is 21.1. The molecule has 1 heterocycles. The van der Waals surface area contributed by atoms with Crippen molar-refractivity contribution in [2.45, 2.75) is 39.0 Å². The monoisotopic (exact) mass is 409 g/mol. The van der Waals surface area contributed by atoms with Crippen LogP contribution >= 0.6 is 12.6 Å². The summed E-state index contributed by atoms with van der Waals surface area (Å²) < 4.78 is 7.21. The number of thiol groups is 1. The van der Waals surface area contributed by atoms with Crippen LogP contribution in [0.3, 0.4) is 0 Å². The van der Waals surface area contributed by atoms with Crippen LogP contribution in [0, 0.1) is 5.92 Å². The summed E-state index contributed by atoms with van der Waals surface area (Å²) in [5, 5.41) is 8.69. The van der Waals surface area contributed by atoms with E-state index in [2.05, 4.69) is 40.7 Å². The average Bonchev–Trinajstić information content (AvgIpc) is 3.10. The smallest absolute Gasteiger partial charge is 0.338 e. The van der Waals surface area contributed by atoms with E-state index in [1.807, 2.05) is 30.3 Å². The quantitative estimate of drug-likeness (QED) is 0.432. The fraction of sp³-hybridized carbons (Fsp3) is 0.348. The number of rotatable bonds is 8. The molecule has 0 saturated heterocycles. The minimum Gasteiger partial charge on any atom is -0.462 e. The first-order valence-electron chi connectivity index (χ1n) is 9.90. The number of carbonyl (C=O) groups is 1. The number of carbonyl (C=O) groups excluding carboxylic acids is 1. The van der Waals surface area contributed by atoms with E-state index in [0.29, 0.717) is 24.6 Å². The molecule has 0 aliphatic rings. The Morgan fingerprint density at radius 1 is 1.07 bits per heavy atom. The second-order valence-electron chi connectivity index (χ2n) is 7.39. The highest BCUT2D eigenvalue weighted by Crippen LogP contribution is 2.29. The van der Waals surface area contributed by atoms with Gasteiger partial charge in [0.25, 0.3) is 0 Å². The van der Waals surface area contributed by atoms with E-state index < -0.39 is 0 Å². The third-order valence-electron chi connectivity index (χ3n) is 4.61. The Labute approximate surface area is 177 Å². The van der Waals surface area contributed by atoms with Crippen molar-refractivity contribution in [3.8, 4) is 0 Å². The summed E-state index contributed by atoms with van der Waals surface area (Å²) in [5.41, 5.74) is 2.68. The van der Waals surface area contributed by atoms with Gasteiger partial charge in [-0.15, -0.1) is 10.2 Å². The molecule has 0 N–H and O–H groups in total.